The fraction of sp³-hybridized carbons (Fsp3) is 0.846. The fourth-order valence-electron chi connectivity index (χ4n) is 3.53. The third kappa shape index (κ3) is 2.23. The molecule has 3 rings (SSSR count). The van der Waals surface area contributed by atoms with Gasteiger partial charge in [-0.1, -0.05) is 0 Å². The minimum Gasteiger partial charge on any atom is -0.353 e. The highest BCUT2D eigenvalue weighted by Gasteiger charge is 2.37. The Hall–Kier alpha value is -1.10. The van der Waals surface area contributed by atoms with E-state index in [2.05, 4.69) is 10.6 Å². The van der Waals surface area contributed by atoms with E-state index in [4.69, 9.17) is 0 Å². The molecule has 0 aliphatic carbocycles. The van der Waals surface area contributed by atoms with Gasteiger partial charge in [0, 0.05) is 38.1 Å². The Morgan fingerprint density at radius 3 is 2.56 bits per heavy atom. The topological polar surface area (TPSA) is 61.4 Å². The normalized spacial score (nSPS) is 39.2. The molecule has 0 aromatic carbocycles. The molecule has 3 aliphatic rings. The number of hydrogen-bond acceptors (Lipinski definition) is 3. The Morgan fingerprint density at radius 2 is 2.00 bits per heavy atom. The molecule has 2 amide bonds. The quantitative estimate of drug-likeness (QED) is 0.718. The second-order valence-electron chi connectivity index (χ2n) is 5.99. The van der Waals surface area contributed by atoms with E-state index in [0.29, 0.717) is 31.1 Å². The average molecular weight is 251 g/mol. The predicted molar refractivity (Wildman–Crippen MR) is 66.9 cm³/mol. The van der Waals surface area contributed by atoms with Crippen LogP contribution in [0.25, 0.3) is 0 Å². The van der Waals surface area contributed by atoms with Crippen molar-refractivity contribution in [3.63, 3.8) is 0 Å². The van der Waals surface area contributed by atoms with Crippen LogP contribution in [0.2, 0.25) is 0 Å². The van der Waals surface area contributed by atoms with Gasteiger partial charge in [0.1, 0.15) is 0 Å². The van der Waals surface area contributed by atoms with E-state index in [1.165, 1.54) is 12.8 Å². The van der Waals surface area contributed by atoms with Crippen molar-refractivity contribution in [1.29, 1.82) is 0 Å². The van der Waals surface area contributed by atoms with E-state index in [1.54, 1.807) is 11.9 Å². The van der Waals surface area contributed by atoms with Gasteiger partial charge in [-0.15, -0.1) is 0 Å². The van der Waals surface area contributed by atoms with E-state index in [-0.39, 0.29) is 17.7 Å². The largest absolute Gasteiger partial charge is 0.353 e. The molecule has 3 atom stereocenters. The molecule has 0 aromatic heterocycles. The van der Waals surface area contributed by atoms with Gasteiger partial charge in [0.05, 0.1) is 5.92 Å². The summed E-state index contributed by atoms with van der Waals surface area (Å²) in [5.41, 5.74) is 0. The highest BCUT2D eigenvalue weighted by atomic mass is 16.2. The van der Waals surface area contributed by atoms with Crippen molar-refractivity contribution < 1.29 is 9.59 Å². The summed E-state index contributed by atoms with van der Waals surface area (Å²) in [4.78, 5) is 25.2. The number of nitrogens with one attached hydrogen (secondary N) is 2. The van der Waals surface area contributed by atoms with Crippen molar-refractivity contribution in [2.45, 2.75) is 50.2 Å². The molecule has 100 valence electrons. The number of hydrogen-bond donors (Lipinski definition) is 2. The summed E-state index contributed by atoms with van der Waals surface area (Å²) in [5.74, 6) is 0.00886. The van der Waals surface area contributed by atoms with Crippen LogP contribution in [0.5, 0.6) is 0 Å². The Bertz CT molecular complexity index is 359. The van der Waals surface area contributed by atoms with E-state index in [9.17, 15) is 9.59 Å². The van der Waals surface area contributed by atoms with Crippen molar-refractivity contribution >= 4 is 11.8 Å². The van der Waals surface area contributed by atoms with Crippen molar-refractivity contribution in [2.24, 2.45) is 5.92 Å². The Labute approximate surface area is 107 Å². The Morgan fingerprint density at radius 1 is 1.33 bits per heavy atom. The lowest BCUT2D eigenvalue weighted by Crippen LogP contribution is -2.49. The standard InChI is InChI=1S/C13H21N3O2/c1-16-7-8(4-12(16)17)13(18)15-11-5-9-2-3-10(6-11)14-9/h8-11,14H,2-7H2,1H3,(H,15,18). The van der Waals surface area contributed by atoms with Crippen LogP contribution in [0, 0.1) is 5.92 Å². The zero-order chi connectivity index (χ0) is 12.7. The molecule has 3 unspecified atom stereocenters. The summed E-state index contributed by atoms with van der Waals surface area (Å²) >= 11 is 0. The Kier molecular flexibility index (Phi) is 3.01. The minimum absolute atomic E-state index is 0.0685. The molecule has 0 radical (unpaired) electrons. The molecule has 5 nitrogen and oxygen atoms in total. The van der Waals surface area contributed by atoms with Crippen LogP contribution in [0.3, 0.4) is 0 Å². The maximum atomic E-state index is 12.1. The van der Waals surface area contributed by atoms with E-state index in [0.717, 1.165) is 12.8 Å². The number of likely N-dealkylation sites (tertiary alicyclic amines) is 1. The predicted octanol–water partition coefficient (Wildman–Crippen LogP) is -0.136. The number of nitrogens with zero attached hydrogens (tertiary/aromatic N) is 1. The lowest BCUT2D eigenvalue weighted by Gasteiger charge is -2.30. The van der Waals surface area contributed by atoms with E-state index < -0.39 is 0 Å². The summed E-state index contributed by atoms with van der Waals surface area (Å²) < 4.78 is 0. The number of piperidine rings is 1. The molecule has 3 heterocycles. The van der Waals surface area contributed by atoms with Gasteiger partial charge in [-0.25, -0.2) is 0 Å². The first-order valence-electron chi connectivity index (χ1n) is 6.92. The van der Waals surface area contributed by atoms with Crippen LogP contribution in [0.1, 0.15) is 32.1 Å². The van der Waals surface area contributed by atoms with Crippen molar-refractivity contribution in [3.05, 3.63) is 0 Å². The van der Waals surface area contributed by atoms with E-state index in [1.807, 2.05) is 0 Å². The van der Waals surface area contributed by atoms with Gasteiger partial charge >= 0.3 is 0 Å². The third-order valence-corrected chi connectivity index (χ3v) is 4.53. The fourth-order valence-corrected chi connectivity index (χ4v) is 3.53. The highest BCUT2D eigenvalue weighted by molar-refractivity contribution is 5.89. The summed E-state index contributed by atoms with van der Waals surface area (Å²) in [6.07, 6.45) is 4.93. The van der Waals surface area contributed by atoms with Gasteiger partial charge in [-0.2, -0.15) is 0 Å². The number of carbonyl (C=O) groups is 2. The van der Waals surface area contributed by atoms with Crippen LogP contribution >= 0.6 is 0 Å². The van der Waals surface area contributed by atoms with E-state index >= 15 is 0 Å². The molecular weight excluding hydrogens is 230 g/mol. The second-order valence-corrected chi connectivity index (χ2v) is 5.99. The number of fused-ring (bicyclic) bond motifs is 2. The monoisotopic (exact) mass is 251 g/mol. The first-order valence-corrected chi connectivity index (χ1v) is 6.92. The molecule has 2 bridgehead atoms. The van der Waals surface area contributed by atoms with Gasteiger partial charge in [-0.3, -0.25) is 9.59 Å². The van der Waals surface area contributed by atoms with Gasteiger partial charge in [0.25, 0.3) is 0 Å². The summed E-state index contributed by atoms with van der Waals surface area (Å²) in [5, 5.41) is 6.71. The first kappa shape index (κ1) is 12.0. The SMILES string of the molecule is CN1CC(C(=O)NC2CC3CCC(C2)N3)CC1=O. The van der Waals surface area contributed by atoms with Crippen LogP contribution in [0.4, 0.5) is 0 Å². The molecule has 0 aromatic rings. The van der Waals surface area contributed by atoms with Gasteiger partial charge < -0.3 is 15.5 Å². The molecule has 2 N–H and O–H groups in total. The van der Waals surface area contributed by atoms with Crippen LogP contribution in [-0.2, 0) is 9.59 Å². The number of rotatable bonds is 2. The zero-order valence-electron chi connectivity index (χ0n) is 10.8. The lowest BCUT2D eigenvalue weighted by atomic mass is 9.98. The van der Waals surface area contributed by atoms with Crippen molar-refractivity contribution in [2.75, 3.05) is 13.6 Å². The molecule has 0 saturated carbocycles. The molecule has 3 saturated heterocycles. The summed E-state index contributed by atoms with van der Waals surface area (Å²) in [6.45, 7) is 0.572. The third-order valence-electron chi connectivity index (χ3n) is 4.53. The molecule has 5 heteroatoms. The maximum absolute atomic E-state index is 12.1. The minimum atomic E-state index is -0.143. The van der Waals surface area contributed by atoms with Gasteiger partial charge in [0.15, 0.2) is 0 Å². The molecular formula is C13H21N3O2. The molecule has 18 heavy (non-hydrogen) atoms. The zero-order valence-corrected chi connectivity index (χ0v) is 10.8. The highest BCUT2D eigenvalue weighted by Crippen LogP contribution is 2.27. The lowest BCUT2D eigenvalue weighted by molar-refractivity contribution is -0.128. The maximum Gasteiger partial charge on any atom is 0.225 e. The van der Waals surface area contributed by atoms with Crippen molar-refractivity contribution in [1.82, 2.24) is 15.5 Å². The number of amides is 2. The van der Waals surface area contributed by atoms with Crippen LogP contribution in [-0.4, -0.2) is 48.4 Å². The van der Waals surface area contributed by atoms with Gasteiger partial charge in [-0.05, 0) is 25.7 Å². The molecule has 3 aliphatic heterocycles. The Balaban J connectivity index is 1.54. The van der Waals surface area contributed by atoms with Crippen LogP contribution in [0.15, 0.2) is 0 Å². The first-order chi connectivity index (χ1) is 8.61. The molecule has 0 spiro atoms. The summed E-state index contributed by atoms with van der Waals surface area (Å²) in [7, 11) is 1.76. The average Bonchev–Trinajstić information content (AvgIpc) is 2.83. The van der Waals surface area contributed by atoms with Crippen molar-refractivity contribution in [3.8, 4) is 0 Å². The van der Waals surface area contributed by atoms with Gasteiger partial charge in [0.2, 0.25) is 11.8 Å². The molecule has 3 fully saturated rings. The smallest absolute Gasteiger partial charge is 0.225 e. The second kappa shape index (κ2) is 4.53. The van der Waals surface area contributed by atoms with Crippen LogP contribution < -0.4 is 10.6 Å². The summed E-state index contributed by atoms with van der Waals surface area (Å²) in [6, 6.07) is 1.47. The number of carbonyl (C=O) groups excluding carboxylic acids is 2.